The van der Waals surface area contributed by atoms with Crippen LogP contribution in [-0.2, 0) is 15.0 Å². The summed E-state index contributed by atoms with van der Waals surface area (Å²) in [4.78, 5) is 22.6. The van der Waals surface area contributed by atoms with Gasteiger partial charge in [-0.2, -0.15) is 0 Å². The van der Waals surface area contributed by atoms with Crippen molar-refractivity contribution < 1.29 is 24.2 Å². The summed E-state index contributed by atoms with van der Waals surface area (Å²) in [5.74, 6) is -0.226. The van der Waals surface area contributed by atoms with Gasteiger partial charge in [0, 0.05) is 5.69 Å². The Balaban J connectivity index is 1.91. The first-order chi connectivity index (χ1) is 12.3. The molecule has 2 aromatic carbocycles. The molecule has 2 N–H and O–H groups in total. The minimum Gasteiger partial charge on any atom is -0.483 e. The molecule has 2 rings (SSSR count). The number of carbonyl (C=O) groups is 2. The molecule has 0 fully saturated rings. The van der Waals surface area contributed by atoms with Gasteiger partial charge in [-0.3, -0.25) is 4.79 Å². The highest BCUT2D eigenvalue weighted by atomic mass is 16.5. The van der Waals surface area contributed by atoms with Crippen LogP contribution in [0.1, 0.15) is 26.3 Å². The molecule has 26 heavy (non-hydrogen) atoms. The van der Waals surface area contributed by atoms with E-state index < -0.39 is 12.6 Å². The third-order valence-corrected chi connectivity index (χ3v) is 3.55. The number of rotatable bonds is 7. The van der Waals surface area contributed by atoms with Crippen LogP contribution in [-0.4, -0.2) is 30.2 Å². The van der Waals surface area contributed by atoms with Gasteiger partial charge in [-0.1, -0.05) is 39.0 Å². The lowest BCUT2D eigenvalue weighted by Gasteiger charge is -2.22. The Hall–Kier alpha value is -3.02. The summed E-state index contributed by atoms with van der Waals surface area (Å²) in [6.07, 6.45) is 0. The summed E-state index contributed by atoms with van der Waals surface area (Å²) in [7, 11) is 0. The van der Waals surface area contributed by atoms with Crippen LogP contribution in [0.3, 0.4) is 0 Å². The number of carbonyl (C=O) groups excluding carboxylic acids is 1. The number of hydrogen-bond donors (Lipinski definition) is 2. The third kappa shape index (κ3) is 5.81. The standard InChI is InChI=1S/C20H23NO5/c1-20(2,3)16-6-4-5-7-17(16)26-12-18(22)21-14-8-10-15(11-9-14)25-13-19(23)24/h4-11H,12-13H2,1-3H3,(H,21,22)(H,23,24). The Morgan fingerprint density at radius 2 is 1.62 bits per heavy atom. The average Bonchev–Trinajstić information content (AvgIpc) is 2.59. The van der Waals surface area contributed by atoms with Crippen molar-refractivity contribution in [2.75, 3.05) is 18.5 Å². The van der Waals surface area contributed by atoms with E-state index in [2.05, 4.69) is 26.1 Å². The lowest BCUT2D eigenvalue weighted by atomic mass is 9.86. The van der Waals surface area contributed by atoms with Crippen LogP contribution in [0.2, 0.25) is 0 Å². The maximum absolute atomic E-state index is 12.1. The SMILES string of the molecule is CC(C)(C)c1ccccc1OCC(=O)Nc1ccc(OCC(=O)O)cc1. The van der Waals surface area contributed by atoms with E-state index >= 15 is 0 Å². The molecule has 1 amide bonds. The Bertz CT molecular complexity index is 763. The quantitative estimate of drug-likeness (QED) is 0.793. The Kier molecular flexibility index (Phi) is 6.22. The zero-order valence-corrected chi connectivity index (χ0v) is 15.1. The summed E-state index contributed by atoms with van der Waals surface area (Å²) in [6.45, 7) is 5.74. The van der Waals surface area contributed by atoms with Crippen LogP contribution in [0, 0.1) is 0 Å². The number of benzene rings is 2. The molecule has 6 nitrogen and oxygen atoms in total. The predicted molar refractivity (Wildman–Crippen MR) is 98.8 cm³/mol. The Morgan fingerprint density at radius 1 is 0.962 bits per heavy atom. The smallest absolute Gasteiger partial charge is 0.341 e. The van der Waals surface area contributed by atoms with E-state index in [1.807, 2.05) is 24.3 Å². The minimum atomic E-state index is -1.05. The largest absolute Gasteiger partial charge is 0.483 e. The molecule has 0 aliphatic heterocycles. The fourth-order valence-corrected chi connectivity index (χ4v) is 2.33. The highest BCUT2D eigenvalue weighted by Crippen LogP contribution is 2.30. The first-order valence-corrected chi connectivity index (χ1v) is 8.22. The third-order valence-electron chi connectivity index (χ3n) is 3.55. The van der Waals surface area contributed by atoms with Gasteiger partial charge in [0.25, 0.3) is 5.91 Å². The predicted octanol–water partition coefficient (Wildman–Crippen LogP) is 3.47. The van der Waals surface area contributed by atoms with Crippen molar-refractivity contribution in [2.24, 2.45) is 0 Å². The molecule has 0 spiro atoms. The van der Waals surface area contributed by atoms with Crippen molar-refractivity contribution in [2.45, 2.75) is 26.2 Å². The van der Waals surface area contributed by atoms with E-state index in [1.54, 1.807) is 24.3 Å². The first-order valence-electron chi connectivity index (χ1n) is 8.22. The van der Waals surface area contributed by atoms with E-state index in [1.165, 1.54) is 0 Å². The average molecular weight is 357 g/mol. The molecule has 0 saturated carbocycles. The molecule has 2 aromatic rings. The van der Waals surface area contributed by atoms with Crippen LogP contribution >= 0.6 is 0 Å². The van der Waals surface area contributed by atoms with Crippen LogP contribution in [0.5, 0.6) is 11.5 Å². The van der Waals surface area contributed by atoms with Crippen LogP contribution < -0.4 is 14.8 Å². The van der Waals surface area contributed by atoms with Gasteiger partial charge in [-0.15, -0.1) is 0 Å². The van der Waals surface area contributed by atoms with Gasteiger partial charge in [-0.05, 0) is 41.3 Å². The van der Waals surface area contributed by atoms with Crippen LogP contribution in [0.4, 0.5) is 5.69 Å². The summed E-state index contributed by atoms with van der Waals surface area (Å²) < 4.78 is 10.7. The second-order valence-corrected chi connectivity index (χ2v) is 6.79. The molecule has 0 radical (unpaired) electrons. The van der Waals surface area contributed by atoms with Gasteiger partial charge in [0.2, 0.25) is 0 Å². The summed E-state index contributed by atoms with van der Waals surface area (Å²) in [6, 6.07) is 14.1. The van der Waals surface area contributed by atoms with Crippen molar-refractivity contribution in [1.29, 1.82) is 0 Å². The number of nitrogens with one attached hydrogen (secondary N) is 1. The maximum Gasteiger partial charge on any atom is 0.341 e. The van der Waals surface area contributed by atoms with Crippen molar-refractivity contribution in [1.82, 2.24) is 0 Å². The molecule has 0 saturated heterocycles. The zero-order valence-electron chi connectivity index (χ0n) is 15.1. The highest BCUT2D eigenvalue weighted by molar-refractivity contribution is 5.91. The zero-order chi connectivity index (χ0) is 19.2. The normalized spacial score (nSPS) is 10.9. The molecule has 0 atom stereocenters. The number of aliphatic carboxylic acids is 1. The lowest BCUT2D eigenvalue weighted by Crippen LogP contribution is -2.22. The van der Waals surface area contributed by atoms with E-state index in [4.69, 9.17) is 14.6 Å². The Labute approximate surface area is 152 Å². The minimum absolute atomic E-state index is 0.0845. The molecule has 0 aliphatic rings. The van der Waals surface area contributed by atoms with Crippen LogP contribution in [0.25, 0.3) is 0 Å². The van der Waals surface area contributed by atoms with Gasteiger partial charge in [0.15, 0.2) is 13.2 Å². The van der Waals surface area contributed by atoms with Crippen molar-refractivity contribution >= 4 is 17.6 Å². The van der Waals surface area contributed by atoms with Crippen LogP contribution in [0.15, 0.2) is 48.5 Å². The van der Waals surface area contributed by atoms with Gasteiger partial charge in [0.1, 0.15) is 11.5 Å². The van der Waals surface area contributed by atoms with E-state index in [9.17, 15) is 9.59 Å². The molecule has 6 heteroatoms. The summed E-state index contributed by atoms with van der Waals surface area (Å²) in [5, 5.41) is 11.3. The lowest BCUT2D eigenvalue weighted by molar-refractivity contribution is -0.139. The van der Waals surface area contributed by atoms with Crippen molar-refractivity contribution in [3.8, 4) is 11.5 Å². The van der Waals surface area contributed by atoms with E-state index in [-0.39, 0.29) is 17.9 Å². The molecule has 0 heterocycles. The number of hydrogen-bond acceptors (Lipinski definition) is 4. The van der Waals surface area contributed by atoms with E-state index in [0.717, 1.165) is 5.56 Å². The molecule has 0 unspecified atom stereocenters. The topological polar surface area (TPSA) is 84.9 Å². The fraction of sp³-hybridized carbons (Fsp3) is 0.300. The first kappa shape index (κ1) is 19.3. The van der Waals surface area contributed by atoms with Gasteiger partial charge >= 0.3 is 5.97 Å². The fourth-order valence-electron chi connectivity index (χ4n) is 2.33. The Morgan fingerprint density at radius 3 is 2.23 bits per heavy atom. The number of carboxylic acids is 1. The van der Waals surface area contributed by atoms with Gasteiger partial charge in [0.05, 0.1) is 0 Å². The number of ether oxygens (including phenoxy) is 2. The molecular formula is C20H23NO5. The molecular weight excluding hydrogens is 334 g/mol. The summed E-state index contributed by atoms with van der Waals surface area (Å²) >= 11 is 0. The van der Waals surface area contributed by atoms with Gasteiger partial charge in [-0.25, -0.2) is 4.79 Å². The highest BCUT2D eigenvalue weighted by Gasteiger charge is 2.18. The van der Waals surface area contributed by atoms with Crippen molar-refractivity contribution in [3.05, 3.63) is 54.1 Å². The van der Waals surface area contributed by atoms with Crippen molar-refractivity contribution in [3.63, 3.8) is 0 Å². The number of para-hydroxylation sites is 1. The second-order valence-electron chi connectivity index (χ2n) is 6.79. The second kappa shape index (κ2) is 8.38. The molecule has 138 valence electrons. The molecule has 0 bridgehead atoms. The molecule has 0 aromatic heterocycles. The van der Waals surface area contributed by atoms with Gasteiger partial charge < -0.3 is 19.9 Å². The van der Waals surface area contributed by atoms with E-state index in [0.29, 0.717) is 17.2 Å². The monoisotopic (exact) mass is 357 g/mol. The number of anilines is 1. The molecule has 0 aliphatic carbocycles. The summed E-state index contributed by atoms with van der Waals surface area (Å²) in [5.41, 5.74) is 1.52. The number of carboxylic acid groups (broad SMARTS) is 1. The maximum atomic E-state index is 12.1. The number of amides is 1.